The molecule has 0 atom stereocenters. The Balaban J connectivity index is 0.936. The summed E-state index contributed by atoms with van der Waals surface area (Å²) in [5.74, 6) is 0. The molecule has 0 amide bonds. The van der Waals surface area contributed by atoms with Crippen molar-refractivity contribution in [1.82, 2.24) is 0 Å². The summed E-state index contributed by atoms with van der Waals surface area (Å²) in [7, 11) is 0. The monoisotopic (exact) mass is 823 g/mol. The van der Waals surface area contributed by atoms with Gasteiger partial charge in [0.25, 0.3) is 0 Å². The van der Waals surface area contributed by atoms with Gasteiger partial charge in [0, 0.05) is 17.1 Å². The molecule has 1 heteroatoms. The highest BCUT2D eigenvalue weighted by Gasteiger charge is 2.58. The average molecular weight is 824 g/mol. The third-order valence-electron chi connectivity index (χ3n) is 14.9. The van der Waals surface area contributed by atoms with E-state index in [0.717, 1.165) is 17.1 Å². The normalized spacial score (nSPS) is 14.1. The van der Waals surface area contributed by atoms with Crippen molar-refractivity contribution in [3.8, 4) is 33.4 Å². The third kappa shape index (κ3) is 4.87. The Morgan fingerprint density at radius 2 is 0.554 bits per heavy atom. The molecular formula is C64H41N. The highest BCUT2D eigenvalue weighted by atomic mass is 15.1. The van der Waals surface area contributed by atoms with E-state index in [4.69, 9.17) is 0 Å². The van der Waals surface area contributed by atoms with Crippen molar-refractivity contribution >= 4 is 38.6 Å². The number of nitrogens with zero attached hydrogens (tertiary/aromatic N) is 1. The van der Waals surface area contributed by atoms with Crippen molar-refractivity contribution in [1.29, 1.82) is 0 Å². The molecule has 302 valence electrons. The number of benzene rings is 11. The molecule has 65 heavy (non-hydrogen) atoms. The fraction of sp³-hybridized carbons (Fsp3) is 0.0312. The SMILES string of the molecule is c1ccc2c(c1)-c1ccccc1C21c2ccccc2C2(c3ccccc3-c3cc(-c4ccc(N(c5ccc6ccccc6c5)c5ccc6ccccc6c5)cc4)ccc32)c2ccccc21. The lowest BCUT2D eigenvalue weighted by Crippen LogP contribution is -2.43. The van der Waals surface area contributed by atoms with Gasteiger partial charge in [-0.05, 0) is 142 Å². The zero-order valence-corrected chi connectivity index (χ0v) is 35.6. The quantitative estimate of drug-likeness (QED) is 0.171. The number of anilines is 3. The topological polar surface area (TPSA) is 3.24 Å². The zero-order valence-electron chi connectivity index (χ0n) is 35.6. The molecule has 0 aliphatic heterocycles. The Kier molecular flexibility index (Phi) is 7.59. The Labute approximate surface area is 379 Å². The van der Waals surface area contributed by atoms with Crippen LogP contribution in [-0.2, 0) is 10.8 Å². The van der Waals surface area contributed by atoms with Crippen molar-refractivity contribution in [2.75, 3.05) is 4.90 Å². The maximum Gasteiger partial charge on any atom is 0.0720 e. The molecule has 0 bridgehead atoms. The molecule has 0 N–H and O–H groups in total. The van der Waals surface area contributed by atoms with E-state index in [1.165, 1.54) is 99.4 Å². The van der Waals surface area contributed by atoms with Crippen LogP contribution >= 0.6 is 0 Å². The fourth-order valence-electron chi connectivity index (χ4n) is 12.3. The van der Waals surface area contributed by atoms with Crippen LogP contribution in [0.3, 0.4) is 0 Å². The number of fused-ring (bicyclic) bond motifs is 18. The molecule has 0 aromatic heterocycles. The van der Waals surface area contributed by atoms with Gasteiger partial charge in [-0.3, -0.25) is 0 Å². The second-order valence-corrected chi connectivity index (χ2v) is 17.9. The molecule has 0 saturated carbocycles. The van der Waals surface area contributed by atoms with Crippen LogP contribution in [0.25, 0.3) is 54.9 Å². The van der Waals surface area contributed by atoms with Gasteiger partial charge in [0.05, 0.1) is 10.8 Å². The Bertz CT molecular complexity index is 3570. The van der Waals surface area contributed by atoms with Gasteiger partial charge in [-0.25, -0.2) is 0 Å². The van der Waals surface area contributed by atoms with Gasteiger partial charge >= 0.3 is 0 Å². The van der Waals surface area contributed by atoms with Crippen LogP contribution in [0.2, 0.25) is 0 Å². The minimum Gasteiger partial charge on any atom is -0.310 e. The van der Waals surface area contributed by atoms with Gasteiger partial charge < -0.3 is 4.90 Å². The molecule has 2 spiro atoms. The largest absolute Gasteiger partial charge is 0.310 e. The summed E-state index contributed by atoms with van der Waals surface area (Å²) < 4.78 is 0. The van der Waals surface area contributed by atoms with Crippen LogP contribution in [0.5, 0.6) is 0 Å². The van der Waals surface area contributed by atoms with Crippen LogP contribution in [0, 0.1) is 0 Å². The predicted octanol–water partition coefficient (Wildman–Crippen LogP) is 16.2. The van der Waals surface area contributed by atoms with Gasteiger partial charge in [-0.1, -0.05) is 206 Å². The van der Waals surface area contributed by atoms with Gasteiger partial charge in [-0.15, -0.1) is 0 Å². The molecule has 0 radical (unpaired) electrons. The van der Waals surface area contributed by atoms with Crippen molar-refractivity contribution in [2.24, 2.45) is 0 Å². The standard InChI is InChI=1S/C64H41N/c1-3-17-45-39-49(36-31-42(45)15-1)65(50-37-32-43-16-2-4-18-46(43)40-50)48-34-29-44(30-35-48)47-33-38-58-54(41-47)53-21-7-10-24-57(53)64(58)61-27-13-11-25-59(61)63(60-26-12-14-28-62(60)64)55-22-8-5-19-51(55)52-20-6-9-23-56(52)63/h1-41H. The van der Waals surface area contributed by atoms with E-state index in [9.17, 15) is 0 Å². The Morgan fingerprint density at radius 1 is 0.215 bits per heavy atom. The highest BCUT2D eigenvalue weighted by molar-refractivity contribution is 5.96. The lowest BCUT2D eigenvalue weighted by atomic mass is 9.52. The van der Waals surface area contributed by atoms with Crippen molar-refractivity contribution in [3.05, 3.63) is 293 Å². The molecular weight excluding hydrogens is 783 g/mol. The van der Waals surface area contributed by atoms with Gasteiger partial charge in [0.1, 0.15) is 0 Å². The first kappa shape index (κ1) is 36.2. The molecule has 11 aromatic carbocycles. The summed E-state index contributed by atoms with van der Waals surface area (Å²) >= 11 is 0. The van der Waals surface area contributed by atoms with Crippen molar-refractivity contribution < 1.29 is 0 Å². The van der Waals surface area contributed by atoms with Crippen LogP contribution in [0.15, 0.2) is 249 Å². The second kappa shape index (κ2) is 13.6. The van der Waals surface area contributed by atoms with Gasteiger partial charge in [0.2, 0.25) is 0 Å². The molecule has 14 rings (SSSR count). The van der Waals surface area contributed by atoms with Crippen LogP contribution in [-0.4, -0.2) is 0 Å². The summed E-state index contributed by atoms with van der Waals surface area (Å²) in [5.41, 5.74) is 20.9. The predicted molar refractivity (Wildman–Crippen MR) is 270 cm³/mol. The molecule has 1 nitrogen and oxygen atoms in total. The molecule has 0 fully saturated rings. The highest BCUT2D eigenvalue weighted by Crippen LogP contribution is 2.67. The maximum absolute atomic E-state index is 2.46. The van der Waals surface area contributed by atoms with E-state index >= 15 is 0 Å². The molecule has 11 aromatic rings. The van der Waals surface area contributed by atoms with E-state index in [-0.39, 0.29) is 0 Å². The van der Waals surface area contributed by atoms with Gasteiger partial charge in [-0.2, -0.15) is 0 Å². The second-order valence-electron chi connectivity index (χ2n) is 17.9. The zero-order chi connectivity index (χ0) is 42.7. The fourth-order valence-corrected chi connectivity index (χ4v) is 12.3. The lowest BCUT2D eigenvalue weighted by molar-refractivity contribution is 0.633. The summed E-state index contributed by atoms with van der Waals surface area (Å²) in [6.45, 7) is 0. The molecule has 3 aliphatic carbocycles. The van der Waals surface area contributed by atoms with E-state index in [2.05, 4.69) is 254 Å². The summed E-state index contributed by atoms with van der Waals surface area (Å²) in [5, 5.41) is 4.91. The first-order chi connectivity index (χ1) is 32.2. The average Bonchev–Trinajstić information content (AvgIpc) is 3.84. The Morgan fingerprint density at radius 3 is 1.02 bits per heavy atom. The number of rotatable bonds is 4. The minimum atomic E-state index is -0.501. The van der Waals surface area contributed by atoms with Gasteiger partial charge in [0.15, 0.2) is 0 Å². The Hall–Kier alpha value is -8.26. The minimum absolute atomic E-state index is 0.446. The van der Waals surface area contributed by atoms with Crippen LogP contribution in [0.1, 0.15) is 44.5 Å². The summed E-state index contributed by atoms with van der Waals surface area (Å²) in [6, 6.07) is 93.3. The number of hydrogen-bond acceptors (Lipinski definition) is 1. The smallest absolute Gasteiger partial charge is 0.0720 e. The summed E-state index contributed by atoms with van der Waals surface area (Å²) in [6.07, 6.45) is 0. The first-order valence-corrected chi connectivity index (χ1v) is 22.7. The third-order valence-corrected chi connectivity index (χ3v) is 14.9. The van der Waals surface area contributed by atoms with Crippen LogP contribution < -0.4 is 4.90 Å². The molecule has 0 heterocycles. The molecule has 3 aliphatic rings. The molecule has 0 unspecified atom stereocenters. The lowest BCUT2D eigenvalue weighted by Gasteiger charge is -2.48. The summed E-state index contributed by atoms with van der Waals surface area (Å²) in [4.78, 5) is 2.39. The van der Waals surface area contributed by atoms with E-state index in [0.29, 0.717) is 0 Å². The number of hydrogen-bond donors (Lipinski definition) is 0. The van der Waals surface area contributed by atoms with E-state index in [1.807, 2.05) is 0 Å². The van der Waals surface area contributed by atoms with Crippen molar-refractivity contribution in [3.63, 3.8) is 0 Å². The van der Waals surface area contributed by atoms with Crippen LogP contribution in [0.4, 0.5) is 17.1 Å². The van der Waals surface area contributed by atoms with E-state index in [1.54, 1.807) is 0 Å². The van der Waals surface area contributed by atoms with Crippen molar-refractivity contribution in [2.45, 2.75) is 10.8 Å². The molecule has 0 saturated heterocycles. The maximum atomic E-state index is 2.46. The first-order valence-electron chi connectivity index (χ1n) is 22.7. The van der Waals surface area contributed by atoms with E-state index < -0.39 is 10.8 Å².